The van der Waals surface area contributed by atoms with Gasteiger partial charge in [0, 0.05) is 0 Å². The Bertz CT molecular complexity index is 395. The lowest BCUT2D eigenvalue weighted by atomic mass is 10.2. The van der Waals surface area contributed by atoms with Gasteiger partial charge in [-0.1, -0.05) is 18.2 Å². The molecule has 100 valence electrons. The van der Waals surface area contributed by atoms with Gasteiger partial charge >= 0.3 is 18.3 Å². The smallest absolute Gasteiger partial charge is 0.434 e. The van der Waals surface area contributed by atoms with Crippen molar-refractivity contribution in [1.82, 2.24) is 0 Å². The summed E-state index contributed by atoms with van der Waals surface area (Å²) in [7, 11) is 0. The number of halogens is 6. The summed E-state index contributed by atoms with van der Waals surface area (Å²) in [6, 6.07) is 6.11. The number of carbonyl (C=O) groups excluding carboxylic acids is 1. The summed E-state index contributed by atoms with van der Waals surface area (Å²) in [5.41, 5.74) is -0.393. The molecule has 0 spiro atoms. The quantitative estimate of drug-likeness (QED) is 0.609. The van der Waals surface area contributed by atoms with Crippen molar-refractivity contribution in [3.63, 3.8) is 0 Å². The molecule has 0 radical (unpaired) electrons. The Kier molecular flexibility index (Phi) is 3.88. The van der Waals surface area contributed by atoms with Crippen molar-refractivity contribution in [3.05, 3.63) is 35.9 Å². The standard InChI is InChI=1S/C10H6F6O2/c11-9(12,13)8(10(14,15)16)18-7(17)6-4-2-1-3-5-6/h1-5,8H. The van der Waals surface area contributed by atoms with Crippen molar-refractivity contribution in [2.24, 2.45) is 0 Å². The second-order valence-electron chi connectivity index (χ2n) is 3.23. The summed E-state index contributed by atoms with van der Waals surface area (Å²) in [4.78, 5) is 11.1. The fraction of sp³-hybridized carbons (Fsp3) is 0.300. The van der Waals surface area contributed by atoms with E-state index < -0.39 is 30.0 Å². The molecular formula is C10H6F6O2. The molecule has 1 aromatic rings. The van der Waals surface area contributed by atoms with Gasteiger partial charge in [0.25, 0.3) is 6.10 Å². The molecule has 0 fully saturated rings. The molecule has 0 atom stereocenters. The number of hydrogen-bond acceptors (Lipinski definition) is 2. The van der Waals surface area contributed by atoms with E-state index in [4.69, 9.17) is 0 Å². The fourth-order valence-corrected chi connectivity index (χ4v) is 1.07. The van der Waals surface area contributed by atoms with Crippen LogP contribution in [0.15, 0.2) is 30.3 Å². The molecule has 8 heteroatoms. The number of rotatable bonds is 2. The van der Waals surface area contributed by atoms with Crippen LogP contribution in [0.25, 0.3) is 0 Å². The number of benzene rings is 1. The van der Waals surface area contributed by atoms with Gasteiger partial charge in [0.15, 0.2) is 0 Å². The van der Waals surface area contributed by atoms with Gasteiger partial charge in [0.1, 0.15) is 0 Å². The Morgan fingerprint density at radius 2 is 1.39 bits per heavy atom. The molecule has 0 amide bonds. The van der Waals surface area contributed by atoms with Gasteiger partial charge in [-0.25, -0.2) is 4.79 Å². The van der Waals surface area contributed by atoms with Crippen LogP contribution in [0.4, 0.5) is 26.3 Å². The van der Waals surface area contributed by atoms with Crippen LogP contribution in [0.5, 0.6) is 0 Å². The second-order valence-corrected chi connectivity index (χ2v) is 3.23. The Hall–Kier alpha value is -1.73. The highest BCUT2D eigenvalue weighted by molar-refractivity contribution is 5.89. The molecule has 1 rings (SSSR count). The molecule has 0 aromatic heterocycles. The van der Waals surface area contributed by atoms with E-state index in [1.54, 1.807) is 0 Å². The van der Waals surface area contributed by atoms with Crippen LogP contribution in [-0.2, 0) is 4.74 Å². The summed E-state index contributed by atoms with van der Waals surface area (Å²) in [5.74, 6) is -1.68. The van der Waals surface area contributed by atoms with Gasteiger partial charge in [-0.3, -0.25) is 0 Å². The first kappa shape index (κ1) is 14.3. The average molecular weight is 272 g/mol. The third-order valence-corrected chi connectivity index (χ3v) is 1.83. The van der Waals surface area contributed by atoms with Crippen LogP contribution in [-0.4, -0.2) is 24.4 Å². The van der Waals surface area contributed by atoms with E-state index in [1.807, 2.05) is 0 Å². The first-order valence-corrected chi connectivity index (χ1v) is 4.52. The Morgan fingerprint density at radius 1 is 0.944 bits per heavy atom. The Balaban J connectivity index is 2.90. The molecule has 0 unspecified atom stereocenters. The van der Waals surface area contributed by atoms with Crippen molar-refractivity contribution >= 4 is 5.97 Å². The summed E-state index contributed by atoms with van der Waals surface area (Å²) < 4.78 is 76.0. The summed E-state index contributed by atoms with van der Waals surface area (Å²) in [6.07, 6.45) is -15.5. The maximum atomic E-state index is 12.1. The molecule has 0 N–H and O–H groups in total. The largest absolute Gasteiger partial charge is 0.439 e. The molecule has 2 nitrogen and oxygen atoms in total. The van der Waals surface area contributed by atoms with E-state index in [1.165, 1.54) is 18.2 Å². The normalized spacial score (nSPS) is 12.6. The molecule has 18 heavy (non-hydrogen) atoms. The number of ether oxygens (including phenoxy) is 1. The number of hydrogen-bond donors (Lipinski definition) is 0. The zero-order chi connectivity index (χ0) is 14.0. The topological polar surface area (TPSA) is 26.3 Å². The lowest BCUT2D eigenvalue weighted by Gasteiger charge is -2.22. The summed E-state index contributed by atoms with van der Waals surface area (Å²) in [5, 5.41) is 0. The molecule has 0 aliphatic carbocycles. The summed E-state index contributed by atoms with van der Waals surface area (Å²) >= 11 is 0. The number of esters is 1. The highest BCUT2D eigenvalue weighted by atomic mass is 19.4. The lowest BCUT2D eigenvalue weighted by molar-refractivity contribution is -0.307. The first-order valence-electron chi connectivity index (χ1n) is 4.52. The molecule has 0 aliphatic heterocycles. The van der Waals surface area contributed by atoms with Gasteiger partial charge in [-0.15, -0.1) is 0 Å². The lowest BCUT2D eigenvalue weighted by Crippen LogP contribution is -2.45. The molecule has 0 bridgehead atoms. The highest BCUT2D eigenvalue weighted by Crippen LogP contribution is 2.36. The highest BCUT2D eigenvalue weighted by Gasteiger charge is 2.59. The molecular weight excluding hydrogens is 266 g/mol. The number of alkyl halides is 6. The van der Waals surface area contributed by atoms with Crippen LogP contribution in [0.1, 0.15) is 10.4 Å². The number of carbonyl (C=O) groups is 1. The van der Waals surface area contributed by atoms with E-state index >= 15 is 0 Å². The zero-order valence-corrected chi connectivity index (χ0v) is 8.55. The third-order valence-electron chi connectivity index (χ3n) is 1.83. The predicted octanol–water partition coefficient (Wildman–Crippen LogP) is 3.34. The van der Waals surface area contributed by atoms with E-state index in [0.29, 0.717) is 0 Å². The van der Waals surface area contributed by atoms with Crippen molar-refractivity contribution in [1.29, 1.82) is 0 Å². The fourth-order valence-electron chi connectivity index (χ4n) is 1.07. The molecule has 0 saturated carbocycles. The minimum absolute atomic E-state index is 0.393. The van der Waals surface area contributed by atoms with Crippen molar-refractivity contribution < 1.29 is 35.9 Å². The Labute approximate surface area is 97.2 Å². The summed E-state index contributed by atoms with van der Waals surface area (Å²) in [6.45, 7) is 0. The minimum atomic E-state index is -5.71. The van der Waals surface area contributed by atoms with Crippen molar-refractivity contribution in [2.45, 2.75) is 18.5 Å². The second kappa shape index (κ2) is 4.87. The maximum Gasteiger partial charge on any atom is 0.434 e. The van der Waals surface area contributed by atoms with Crippen LogP contribution in [0.2, 0.25) is 0 Å². The van der Waals surface area contributed by atoms with Crippen LogP contribution >= 0.6 is 0 Å². The van der Waals surface area contributed by atoms with Crippen LogP contribution in [0, 0.1) is 0 Å². The minimum Gasteiger partial charge on any atom is -0.439 e. The van der Waals surface area contributed by atoms with E-state index in [9.17, 15) is 31.1 Å². The van der Waals surface area contributed by atoms with Crippen molar-refractivity contribution in [3.8, 4) is 0 Å². The zero-order valence-electron chi connectivity index (χ0n) is 8.55. The van der Waals surface area contributed by atoms with Gasteiger partial charge in [-0.2, -0.15) is 26.3 Å². The van der Waals surface area contributed by atoms with Crippen molar-refractivity contribution in [2.75, 3.05) is 0 Å². The monoisotopic (exact) mass is 272 g/mol. The molecule has 0 saturated heterocycles. The SMILES string of the molecule is O=C(OC(C(F)(F)F)C(F)(F)F)c1ccccc1. The predicted molar refractivity (Wildman–Crippen MR) is 47.8 cm³/mol. The van der Waals surface area contributed by atoms with Gasteiger partial charge in [0.2, 0.25) is 0 Å². The van der Waals surface area contributed by atoms with Gasteiger partial charge < -0.3 is 4.74 Å². The molecule has 1 aromatic carbocycles. The van der Waals surface area contributed by atoms with E-state index in [2.05, 4.69) is 4.74 Å². The van der Waals surface area contributed by atoms with Gasteiger partial charge in [0.05, 0.1) is 5.56 Å². The third kappa shape index (κ3) is 3.64. The maximum absolute atomic E-state index is 12.1. The first-order chi connectivity index (χ1) is 8.12. The van der Waals surface area contributed by atoms with Gasteiger partial charge in [-0.05, 0) is 12.1 Å². The Morgan fingerprint density at radius 3 is 1.78 bits per heavy atom. The average Bonchev–Trinajstić information content (AvgIpc) is 2.23. The van der Waals surface area contributed by atoms with E-state index in [-0.39, 0.29) is 0 Å². The van der Waals surface area contributed by atoms with E-state index in [0.717, 1.165) is 12.1 Å². The van der Waals surface area contributed by atoms with Crippen LogP contribution < -0.4 is 0 Å². The molecule has 0 heterocycles. The molecule has 0 aliphatic rings. The van der Waals surface area contributed by atoms with Crippen LogP contribution in [0.3, 0.4) is 0 Å².